The van der Waals surface area contributed by atoms with Gasteiger partial charge in [-0.2, -0.15) is 0 Å². The molecule has 17 heavy (non-hydrogen) atoms. The molecule has 0 aliphatic heterocycles. The predicted molar refractivity (Wildman–Crippen MR) is 77.1 cm³/mol. The molecule has 90 valence electrons. The highest BCUT2D eigenvalue weighted by atomic mass is 32.2. The smallest absolute Gasteiger partial charge is 0.183 e. The van der Waals surface area contributed by atoms with Crippen molar-refractivity contribution in [1.82, 2.24) is 4.98 Å². The highest BCUT2D eigenvalue weighted by Gasteiger charge is 1.99. The maximum atomic E-state index is 4.32. The summed E-state index contributed by atoms with van der Waals surface area (Å²) in [5.74, 6) is 0. The van der Waals surface area contributed by atoms with Gasteiger partial charge in [0.15, 0.2) is 5.13 Å². The van der Waals surface area contributed by atoms with Crippen LogP contribution in [0.1, 0.15) is 12.0 Å². The Hall–Kier alpha value is -1.00. The molecule has 0 saturated carbocycles. The average Bonchev–Trinajstić information content (AvgIpc) is 2.84. The fourth-order valence-corrected chi connectivity index (χ4v) is 2.87. The van der Waals surface area contributed by atoms with E-state index in [0.29, 0.717) is 0 Å². The van der Waals surface area contributed by atoms with Gasteiger partial charge in [-0.15, -0.1) is 11.8 Å². The first-order valence-electron chi connectivity index (χ1n) is 5.66. The number of hydrogen-bond donors (Lipinski definition) is 1. The molecule has 1 aromatic carbocycles. The molecule has 0 unspecified atom stereocenters. The quantitative estimate of drug-likeness (QED) is 0.632. The van der Waals surface area contributed by atoms with E-state index in [1.165, 1.54) is 9.77 Å². The normalized spacial score (nSPS) is 10.4. The molecule has 0 atom stereocenters. The van der Waals surface area contributed by atoms with E-state index in [1.54, 1.807) is 23.1 Å². The molecule has 1 N–H and O–H groups in total. The molecule has 0 amide bonds. The van der Waals surface area contributed by atoms with Crippen LogP contribution in [-0.2, 0) is 6.42 Å². The summed E-state index contributed by atoms with van der Waals surface area (Å²) in [6.07, 6.45) is 6.26. The monoisotopic (exact) mass is 264 g/mol. The molecule has 2 rings (SSSR count). The first-order valence-corrected chi connectivity index (χ1v) is 7.70. The van der Waals surface area contributed by atoms with E-state index >= 15 is 0 Å². The zero-order chi connectivity index (χ0) is 11.9. The van der Waals surface area contributed by atoms with Gasteiger partial charge < -0.3 is 5.32 Å². The minimum atomic E-state index is 0.982. The van der Waals surface area contributed by atoms with E-state index in [2.05, 4.69) is 46.9 Å². The molecular weight excluding hydrogens is 248 g/mol. The Balaban J connectivity index is 1.69. The summed E-state index contributed by atoms with van der Waals surface area (Å²) in [5.41, 5.74) is 1.40. The van der Waals surface area contributed by atoms with Gasteiger partial charge in [-0.1, -0.05) is 41.7 Å². The zero-order valence-corrected chi connectivity index (χ0v) is 11.5. The van der Waals surface area contributed by atoms with Crippen LogP contribution in [0.15, 0.2) is 40.7 Å². The maximum Gasteiger partial charge on any atom is 0.183 e. The van der Waals surface area contributed by atoms with Crippen molar-refractivity contribution in [3.05, 3.63) is 42.1 Å². The van der Waals surface area contributed by atoms with Gasteiger partial charge in [0.05, 0.1) is 10.4 Å². The molecule has 2 aromatic rings. The van der Waals surface area contributed by atoms with E-state index in [0.717, 1.165) is 24.5 Å². The highest BCUT2D eigenvalue weighted by Crippen LogP contribution is 2.25. The summed E-state index contributed by atoms with van der Waals surface area (Å²) in [5, 5.41) is 4.39. The third-order valence-corrected chi connectivity index (χ3v) is 4.45. The second kappa shape index (κ2) is 6.67. The summed E-state index contributed by atoms with van der Waals surface area (Å²) in [6, 6.07) is 10.6. The number of rotatable bonds is 6. The van der Waals surface area contributed by atoms with E-state index in [1.807, 2.05) is 6.20 Å². The number of benzene rings is 1. The largest absolute Gasteiger partial charge is 0.361 e. The summed E-state index contributed by atoms with van der Waals surface area (Å²) in [4.78, 5) is 4.32. The lowest BCUT2D eigenvalue weighted by atomic mass is 10.1. The van der Waals surface area contributed by atoms with Gasteiger partial charge in [0.25, 0.3) is 0 Å². The van der Waals surface area contributed by atoms with Gasteiger partial charge in [-0.25, -0.2) is 4.98 Å². The summed E-state index contributed by atoms with van der Waals surface area (Å²) < 4.78 is 1.26. The molecule has 1 aromatic heterocycles. The number of thiazole rings is 1. The van der Waals surface area contributed by atoms with Crippen LogP contribution >= 0.6 is 23.1 Å². The number of aromatic nitrogens is 1. The van der Waals surface area contributed by atoms with Crippen molar-refractivity contribution in [2.45, 2.75) is 17.1 Å². The van der Waals surface area contributed by atoms with Crippen molar-refractivity contribution >= 4 is 28.2 Å². The van der Waals surface area contributed by atoms with Gasteiger partial charge in [0, 0.05) is 6.54 Å². The SMILES string of the molecule is CSc1cnc(NCCCc2ccccc2)s1. The first kappa shape index (κ1) is 12.5. The molecule has 0 fully saturated rings. The van der Waals surface area contributed by atoms with Crippen molar-refractivity contribution in [3.63, 3.8) is 0 Å². The van der Waals surface area contributed by atoms with Gasteiger partial charge in [-0.3, -0.25) is 0 Å². The number of aryl methyl sites for hydroxylation is 1. The van der Waals surface area contributed by atoms with E-state index < -0.39 is 0 Å². The molecule has 0 bridgehead atoms. The second-order valence-electron chi connectivity index (χ2n) is 3.70. The summed E-state index contributed by atoms with van der Waals surface area (Å²) in [6.45, 7) is 0.982. The second-order valence-corrected chi connectivity index (χ2v) is 5.84. The number of thioether (sulfide) groups is 1. The van der Waals surface area contributed by atoms with Crippen LogP contribution in [0, 0.1) is 0 Å². The third-order valence-electron chi connectivity index (χ3n) is 2.45. The molecule has 1 heterocycles. The maximum absolute atomic E-state index is 4.32. The minimum Gasteiger partial charge on any atom is -0.361 e. The van der Waals surface area contributed by atoms with Gasteiger partial charge in [0.2, 0.25) is 0 Å². The number of nitrogens with one attached hydrogen (secondary N) is 1. The lowest BCUT2D eigenvalue weighted by Gasteiger charge is -2.02. The molecule has 0 aliphatic carbocycles. The van der Waals surface area contributed by atoms with Crippen molar-refractivity contribution in [2.24, 2.45) is 0 Å². The Morgan fingerprint density at radius 3 is 2.82 bits per heavy atom. The van der Waals surface area contributed by atoms with Gasteiger partial charge >= 0.3 is 0 Å². The fourth-order valence-electron chi connectivity index (χ4n) is 1.57. The third kappa shape index (κ3) is 4.06. The Kier molecular flexibility index (Phi) is 4.88. The summed E-state index contributed by atoms with van der Waals surface area (Å²) in [7, 11) is 0. The standard InChI is InChI=1S/C13H16N2S2/c1-16-12-10-15-13(17-12)14-9-5-8-11-6-3-2-4-7-11/h2-4,6-7,10H,5,8-9H2,1H3,(H,14,15). The molecule has 4 heteroatoms. The average molecular weight is 264 g/mol. The Morgan fingerprint density at radius 1 is 1.29 bits per heavy atom. The molecule has 0 radical (unpaired) electrons. The van der Waals surface area contributed by atoms with Crippen LogP contribution in [0.5, 0.6) is 0 Å². The van der Waals surface area contributed by atoms with Crippen molar-refractivity contribution < 1.29 is 0 Å². The highest BCUT2D eigenvalue weighted by molar-refractivity contribution is 8.00. The number of nitrogens with zero attached hydrogens (tertiary/aromatic N) is 1. The molecule has 2 nitrogen and oxygen atoms in total. The molecule has 0 aliphatic rings. The topological polar surface area (TPSA) is 24.9 Å². The lowest BCUT2D eigenvalue weighted by molar-refractivity contribution is 0.862. The van der Waals surface area contributed by atoms with Crippen LogP contribution in [0.2, 0.25) is 0 Å². The minimum absolute atomic E-state index is 0.982. The van der Waals surface area contributed by atoms with Crippen LogP contribution < -0.4 is 5.32 Å². The van der Waals surface area contributed by atoms with Crippen molar-refractivity contribution in [1.29, 1.82) is 0 Å². The first-order chi connectivity index (χ1) is 8.38. The van der Waals surface area contributed by atoms with Gasteiger partial charge in [0.1, 0.15) is 0 Å². The predicted octanol–water partition coefficient (Wildman–Crippen LogP) is 3.91. The van der Waals surface area contributed by atoms with Crippen LogP contribution in [0.25, 0.3) is 0 Å². The Bertz CT molecular complexity index is 440. The summed E-state index contributed by atoms with van der Waals surface area (Å²) >= 11 is 3.46. The van der Waals surface area contributed by atoms with E-state index in [4.69, 9.17) is 0 Å². The lowest BCUT2D eigenvalue weighted by Crippen LogP contribution is -2.02. The number of hydrogen-bond acceptors (Lipinski definition) is 4. The molecular formula is C13H16N2S2. The molecule has 0 spiro atoms. The van der Waals surface area contributed by atoms with Crippen molar-refractivity contribution in [2.75, 3.05) is 18.1 Å². The van der Waals surface area contributed by atoms with Crippen molar-refractivity contribution in [3.8, 4) is 0 Å². The van der Waals surface area contributed by atoms with Crippen LogP contribution in [0.3, 0.4) is 0 Å². The van der Waals surface area contributed by atoms with Crippen LogP contribution in [-0.4, -0.2) is 17.8 Å². The van der Waals surface area contributed by atoms with E-state index in [-0.39, 0.29) is 0 Å². The Labute approximate surface area is 110 Å². The van der Waals surface area contributed by atoms with E-state index in [9.17, 15) is 0 Å². The zero-order valence-electron chi connectivity index (χ0n) is 9.85. The number of anilines is 1. The fraction of sp³-hybridized carbons (Fsp3) is 0.308. The van der Waals surface area contributed by atoms with Gasteiger partial charge in [-0.05, 0) is 24.7 Å². The molecule has 0 saturated heterocycles. The Morgan fingerprint density at radius 2 is 2.12 bits per heavy atom. The van der Waals surface area contributed by atoms with Crippen LogP contribution in [0.4, 0.5) is 5.13 Å².